The third-order valence-corrected chi connectivity index (χ3v) is 5.06. The first-order valence-corrected chi connectivity index (χ1v) is 8.10. The molecule has 0 bridgehead atoms. The van der Waals surface area contributed by atoms with Gasteiger partial charge in [0.2, 0.25) is 0 Å². The number of benzene rings is 2. The molecule has 2 nitrogen and oxygen atoms in total. The zero-order valence-corrected chi connectivity index (χ0v) is 15.2. The Bertz CT molecular complexity index is 647. The molecule has 6 heteroatoms. The van der Waals surface area contributed by atoms with E-state index in [1.807, 2.05) is 6.07 Å². The van der Waals surface area contributed by atoms with Crippen LogP contribution in [0.5, 0.6) is 0 Å². The fourth-order valence-electron chi connectivity index (χ4n) is 1.42. The number of rotatable bonds is 2. The Labute approximate surface area is 148 Å². The average Bonchev–Trinajstić information content (AvgIpc) is 2.36. The Morgan fingerprint density at radius 3 is 2.37 bits per heavy atom. The molecule has 0 spiro atoms. The van der Waals surface area contributed by atoms with Gasteiger partial charge in [-0.25, -0.2) is 0 Å². The summed E-state index contributed by atoms with van der Waals surface area (Å²) in [5.74, 6) is -0.196. The van der Waals surface area contributed by atoms with Crippen LogP contribution in [0.2, 0.25) is 10.0 Å². The predicted octanol–water partition coefficient (Wildman–Crippen LogP) is 5.45. The number of hydrogen-bond donors (Lipinski definition) is 1. The SMILES string of the molecule is O=C(Nc1ccc(Cl)cc1I)c1ccc(I)c(Cl)c1. The van der Waals surface area contributed by atoms with Crippen LogP contribution in [0.4, 0.5) is 5.69 Å². The van der Waals surface area contributed by atoms with Crippen LogP contribution in [0.3, 0.4) is 0 Å². The first-order valence-electron chi connectivity index (χ1n) is 5.19. The van der Waals surface area contributed by atoms with E-state index in [4.69, 9.17) is 23.2 Å². The minimum absolute atomic E-state index is 0.196. The normalized spacial score (nSPS) is 10.3. The van der Waals surface area contributed by atoms with E-state index in [-0.39, 0.29) is 5.91 Å². The molecule has 0 aliphatic heterocycles. The van der Waals surface area contributed by atoms with Crippen LogP contribution >= 0.6 is 68.4 Å². The van der Waals surface area contributed by atoms with Gasteiger partial charge in [0.1, 0.15) is 0 Å². The van der Waals surface area contributed by atoms with Gasteiger partial charge in [0.25, 0.3) is 5.91 Å². The predicted molar refractivity (Wildman–Crippen MR) is 96.3 cm³/mol. The Morgan fingerprint density at radius 1 is 1.00 bits per heavy atom. The van der Waals surface area contributed by atoms with Crippen LogP contribution in [0.15, 0.2) is 36.4 Å². The molecule has 0 aromatic heterocycles. The van der Waals surface area contributed by atoms with Gasteiger partial charge in [-0.2, -0.15) is 0 Å². The molecule has 0 heterocycles. The van der Waals surface area contributed by atoms with E-state index >= 15 is 0 Å². The molecule has 0 radical (unpaired) electrons. The summed E-state index contributed by atoms with van der Waals surface area (Å²) in [4.78, 5) is 12.1. The topological polar surface area (TPSA) is 29.1 Å². The number of anilines is 1. The summed E-state index contributed by atoms with van der Waals surface area (Å²) in [5.41, 5.74) is 1.25. The van der Waals surface area contributed by atoms with Crippen molar-refractivity contribution in [2.45, 2.75) is 0 Å². The monoisotopic (exact) mass is 517 g/mol. The van der Waals surface area contributed by atoms with Gasteiger partial charge in [-0.05, 0) is 81.6 Å². The zero-order valence-electron chi connectivity index (χ0n) is 9.38. The van der Waals surface area contributed by atoms with Crippen molar-refractivity contribution in [3.05, 3.63) is 59.1 Å². The maximum Gasteiger partial charge on any atom is 0.255 e. The van der Waals surface area contributed by atoms with Gasteiger partial charge in [0.15, 0.2) is 0 Å². The second kappa shape index (κ2) is 6.60. The van der Waals surface area contributed by atoms with Gasteiger partial charge in [0.05, 0.1) is 10.7 Å². The summed E-state index contributed by atoms with van der Waals surface area (Å²) in [5, 5.41) is 4.04. The van der Waals surface area contributed by atoms with Crippen molar-refractivity contribution in [3.63, 3.8) is 0 Å². The van der Waals surface area contributed by atoms with Gasteiger partial charge in [-0.1, -0.05) is 23.2 Å². The van der Waals surface area contributed by atoms with Crippen LogP contribution in [0, 0.1) is 7.14 Å². The first-order chi connectivity index (χ1) is 8.97. The van der Waals surface area contributed by atoms with E-state index in [1.54, 1.807) is 30.3 Å². The maximum atomic E-state index is 12.1. The molecule has 2 aromatic carbocycles. The molecule has 98 valence electrons. The van der Waals surface area contributed by atoms with Crippen molar-refractivity contribution in [2.24, 2.45) is 0 Å². The summed E-state index contributed by atoms with van der Waals surface area (Å²) in [7, 11) is 0. The highest BCUT2D eigenvalue weighted by molar-refractivity contribution is 14.1. The van der Waals surface area contributed by atoms with Gasteiger partial charge in [0, 0.05) is 17.7 Å². The lowest BCUT2D eigenvalue weighted by molar-refractivity contribution is 0.102. The van der Waals surface area contributed by atoms with Crippen molar-refractivity contribution in [1.82, 2.24) is 0 Å². The van der Waals surface area contributed by atoms with Crippen LogP contribution in [0.25, 0.3) is 0 Å². The summed E-state index contributed by atoms with van der Waals surface area (Å²) >= 11 is 16.1. The smallest absolute Gasteiger partial charge is 0.255 e. The maximum absolute atomic E-state index is 12.1. The first kappa shape index (κ1) is 15.3. The lowest BCUT2D eigenvalue weighted by Crippen LogP contribution is -2.12. The van der Waals surface area contributed by atoms with Crippen LogP contribution in [-0.4, -0.2) is 5.91 Å². The van der Waals surface area contributed by atoms with Crippen molar-refractivity contribution >= 4 is 80.0 Å². The number of carbonyl (C=O) groups is 1. The molecule has 0 fully saturated rings. The second-order valence-corrected chi connectivity index (χ2v) is 6.88. The van der Waals surface area contributed by atoms with Crippen molar-refractivity contribution in [3.8, 4) is 0 Å². The largest absolute Gasteiger partial charge is 0.321 e. The van der Waals surface area contributed by atoms with Gasteiger partial charge in [-0.15, -0.1) is 0 Å². The number of nitrogens with one attached hydrogen (secondary N) is 1. The van der Waals surface area contributed by atoms with Gasteiger partial charge in [-0.3, -0.25) is 4.79 Å². The summed E-state index contributed by atoms with van der Waals surface area (Å²) in [6.45, 7) is 0. The number of carbonyl (C=O) groups excluding carboxylic acids is 1. The Morgan fingerprint density at radius 2 is 1.74 bits per heavy atom. The average molecular weight is 518 g/mol. The molecular formula is C13H7Cl2I2NO. The number of amides is 1. The quantitative estimate of drug-likeness (QED) is 0.527. The number of hydrogen-bond acceptors (Lipinski definition) is 1. The highest BCUT2D eigenvalue weighted by Gasteiger charge is 2.10. The van der Waals surface area contributed by atoms with Crippen molar-refractivity contribution in [2.75, 3.05) is 5.32 Å². The van der Waals surface area contributed by atoms with Crippen molar-refractivity contribution in [1.29, 1.82) is 0 Å². The molecule has 0 saturated heterocycles. The molecular weight excluding hydrogens is 511 g/mol. The summed E-state index contributed by atoms with van der Waals surface area (Å²) < 4.78 is 1.80. The van der Waals surface area contributed by atoms with E-state index in [9.17, 15) is 4.79 Å². The minimum Gasteiger partial charge on any atom is -0.321 e. The molecule has 0 saturated carbocycles. The molecule has 0 atom stereocenters. The fraction of sp³-hybridized carbons (Fsp3) is 0. The molecule has 0 unspecified atom stereocenters. The number of halogens is 4. The lowest BCUT2D eigenvalue weighted by Gasteiger charge is -2.08. The van der Waals surface area contributed by atoms with E-state index in [0.29, 0.717) is 15.6 Å². The van der Waals surface area contributed by atoms with Crippen LogP contribution in [0.1, 0.15) is 10.4 Å². The van der Waals surface area contributed by atoms with Crippen molar-refractivity contribution < 1.29 is 4.79 Å². The molecule has 2 rings (SSSR count). The molecule has 2 aromatic rings. The molecule has 0 aliphatic rings. The van der Waals surface area contributed by atoms with E-state index in [1.165, 1.54) is 0 Å². The zero-order chi connectivity index (χ0) is 14.0. The standard InChI is InChI=1S/C13H7Cl2I2NO/c14-8-2-4-12(11(17)6-8)18-13(19)7-1-3-10(16)9(15)5-7/h1-6H,(H,18,19). The third kappa shape index (κ3) is 3.96. The van der Waals surface area contributed by atoms with Gasteiger partial charge >= 0.3 is 0 Å². The van der Waals surface area contributed by atoms with Crippen LogP contribution < -0.4 is 5.32 Å². The van der Waals surface area contributed by atoms with Gasteiger partial charge < -0.3 is 5.32 Å². The summed E-state index contributed by atoms with van der Waals surface area (Å²) in [6.07, 6.45) is 0. The molecule has 1 amide bonds. The molecule has 19 heavy (non-hydrogen) atoms. The summed E-state index contributed by atoms with van der Waals surface area (Å²) in [6, 6.07) is 10.5. The minimum atomic E-state index is -0.196. The van der Waals surface area contributed by atoms with E-state index in [2.05, 4.69) is 50.5 Å². The second-order valence-electron chi connectivity index (χ2n) is 3.71. The third-order valence-electron chi connectivity index (χ3n) is 2.36. The molecule has 0 aliphatic carbocycles. The van der Waals surface area contributed by atoms with Crippen LogP contribution in [-0.2, 0) is 0 Å². The lowest BCUT2D eigenvalue weighted by atomic mass is 10.2. The molecule has 1 N–H and O–H groups in total. The Kier molecular flexibility index (Phi) is 5.33. The Balaban J connectivity index is 2.23. The fourth-order valence-corrected chi connectivity index (χ4v) is 2.95. The Hall–Kier alpha value is -0.0500. The highest BCUT2D eigenvalue weighted by atomic mass is 127. The van der Waals surface area contributed by atoms with E-state index < -0.39 is 0 Å². The highest BCUT2D eigenvalue weighted by Crippen LogP contribution is 2.24. The van der Waals surface area contributed by atoms with E-state index in [0.717, 1.165) is 12.8 Å².